The van der Waals surface area contributed by atoms with Crippen molar-refractivity contribution in [2.24, 2.45) is 5.16 Å². The fourth-order valence-electron chi connectivity index (χ4n) is 2.83. The van der Waals surface area contributed by atoms with Gasteiger partial charge in [-0.1, -0.05) is 36.6 Å². The van der Waals surface area contributed by atoms with Crippen LogP contribution >= 0.6 is 0 Å². The van der Waals surface area contributed by atoms with E-state index in [9.17, 15) is 9.18 Å². The highest BCUT2D eigenvalue weighted by molar-refractivity contribution is 6.28. The lowest BCUT2D eigenvalue weighted by Crippen LogP contribution is -2.24. The van der Waals surface area contributed by atoms with Crippen molar-refractivity contribution in [2.45, 2.75) is 32.1 Å². The lowest BCUT2D eigenvalue weighted by atomic mass is 10.0. The highest BCUT2D eigenvalue weighted by atomic mass is 19.1. The molecular formula is C17H19FN2O2. The molecule has 2 aliphatic rings. The van der Waals surface area contributed by atoms with Gasteiger partial charge >= 0.3 is 5.97 Å². The van der Waals surface area contributed by atoms with Crippen molar-refractivity contribution in [1.82, 2.24) is 4.90 Å². The van der Waals surface area contributed by atoms with Gasteiger partial charge < -0.3 is 9.74 Å². The predicted molar refractivity (Wildman–Crippen MR) is 81.8 cm³/mol. The van der Waals surface area contributed by atoms with Crippen molar-refractivity contribution in [2.75, 3.05) is 13.1 Å². The maximum Gasteiger partial charge on any atom is 0.369 e. The third-order valence-corrected chi connectivity index (χ3v) is 4.03. The minimum atomic E-state index is -0.514. The van der Waals surface area contributed by atoms with E-state index in [2.05, 4.69) is 10.1 Å². The van der Waals surface area contributed by atoms with Crippen LogP contribution in [0.25, 0.3) is 0 Å². The van der Waals surface area contributed by atoms with E-state index in [4.69, 9.17) is 4.84 Å². The normalized spacial score (nSPS) is 21.3. The van der Waals surface area contributed by atoms with Crippen molar-refractivity contribution in [3.8, 4) is 0 Å². The standard InChI is InChI=1S/C17H19FN2O2/c18-15-9-5-4-8-13(15)16-14(17(21)22-19-16)12-20-10-6-2-1-3-7-11-20/h4-5,8-9,12H,1-3,6-7,10-11H2. The first-order chi connectivity index (χ1) is 10.8. The monoisotopic (exact) mass is 302 g/mol. The summed E-state index contributed by atoms with van der Waals surface area (Å²) < 4.78 is 14.0. The lowest BCUT2D eigenvalue weighted by molar-refractivity contribution is -0.136. The van der Waals surface area contributed by atoms with Crippen LogP contribution in [0.3, 0.4) is 0 Å². The van der Waals surface area contributed by atoms with Crippen molar-refractivity contribution in [1.29, 1.82) is 0 Å². The highest BCUT2D eigenvalue weighted by Crippen LogP contribution is 2.21. The summed E-state index contributed by atoms with van der Waals surface area (Å²) in [6.45, 7) is 1.81. The summed E-state index contributed by atoms with van der Waals surface area (Å²) in [6, 6.07) is 6.29. The molecular weight excluding hydrogens is 283 g/mol. The Hall–Kier alpha value is -2.17. The Morgan fingerprint density at radius 1 is 1.09 bits per heavy atom. The smallest absolute Gasteiger partial charge is 0.369 e. The predicted octanol–water partition coefficient (Wildman–Crippen LogP) is 3.24. The number of halogens is 1. The number of oxime groups is 1. The highest BCUT2D eigenvalue weighted by Gasteiger charge is 2.29. The summed E-state index contributed by atoms with van der Waals surface area (Å²) in [7, 11) is 0. The molecule has 0 saturated carbocycles. The molecule has 2 aliphatic heterocycles. The average molecular weight is 302 g/mol. The molecule has 0 aliphatic carbocycles. The van der Waals surface area contributed by atoms with Crippen LogP contribution in [-0.2, 0) is 9.63 Å². The maximum atomic E-state index is 14.0. The Morgan fingerprint density at radius 2 is 1.77 bits per heavy atom. The van der Waals surface area contributed by atoms with Crippen molar-refractivity contribution in [3.05, 3.63) is 47.4 Å². The van der Waals surface area contributed by atoms with Crippen molar-refractivity contribution >= 4 is 11.7 Å². The van der Waals surface area contributed by atoms with Crippen LogP contribution in [0, 0.1) is 5.82 Å². The van der Waals surface area contributed by atoms with Crippen LogP contribution in [0.5, 0.6) is 0 Å². The molecule has 0 atom stereocenters. The third-order valence-electron chi connectivity index (χ3n) is 4.03. The molecule has 2 heterocycles. The zero-order valence-electron chi connectivity index (χ0n) is 12.4. The number of nitrogens with zero attached hydrogens (tertiary/aromatic N) is 2. The second-order valence-corrected chi connectivity index (χ2v) is 5.64. The first-order valence-electron chi connectivity index (χ1n) is 7.76. The van der Waals surface area contributed by atoms with E-state index >= 15 is 0 Å². The molecule has 0 radical (unpaired) electrons. The Kier molecular flexibility index (Phi) is 4.51. The summed E-state index contributed by atoms with van der Waals surface area (Å²) >= 11 is 0. The van der Waals surface area contributed by atoms with Crippen LogP contribution in [0.2, 0.25) is 0 Å². The van der Waals surface area contributed by atoms with Crippen LogP contribution in [0.15, 0.2) is 41.2 Å². The first-order valence-corrected chi connectivity index (χ1v) is 7.76. The molecule has 1 fully saturated rings. The summed E-state index contributed by atoms with van der Waals surface area (Å²) in [4.78, 5) is 18.8. The van der Waals surface area contributed by atoms with E-state index in [1.807, 2.05) is 0 Å². The molecule has 4 nitrogen and oxygen atoms in total. The van der Waals surface area contributed by atoms with Crippen LogP contribution in [-0.4, -0.2) is 29.7 Å². The third kappa shape index (κ3) is 3.18. The van der Waals surface area contributed by atoms with Gasteiger partial charge in [-0.2, -0.15) is 0 Å². The molecule has 0 amide bonds. The van der Waals surface area contributed by atoms with Crippen LogP contribution < -0.4 is 0 Å². The second kappa shape index (κ2) is 6.73. The Bertz CT molecular complexity index is 617. The largest absolute Gasteiger partial charge is 0.377 e. The summed E-state index contributed by atoms with van der Waals surface area (Å²) in [5.41, 5.74) is 0.919. The van der Waals surface area contributed by atoms with Gasteiger partial charge in [-0.05, 0) is 25.0 Å². The molecule has 1 aromatic carbocycles. The lowest BCUT2D eigenvalue weighted by Gasteiger charge is -2.23. The van der Waals surface area contributed by atoms with Crippen LogP contribution in [0.4, 0.5) is 4.39 Å². The van der Waals surface area contributed by atoms with Gasteiger partial charge in [0.05, 0.1) is 0 Å². The Labute approximate surface area is 129 Å². The number of carbonyl (C=O) groups excluding carboxylic acids is 1. The number of carbonyl (C=O) groups is 1. The number of hydrogen-bond acceptors (Lipinski definition) is 4. The summed E-state index contributed by atoms with van der Waals surface area (Å²) in [5, 5.41) is 3.77. The molecule has 0 N–H and O–H groups in total. The van der Waals surface area contributed by atoms with E-state index < -0.39 is 11.8 Å². The molecule has 0 aromatic heterocycles. The van der Waals surface area contributed by atoms with E-state index in [-0.39, 0.29) is 5.71 Å². The molecule has 0 unspecified atom stereocenters. The SMILES string of the molecule is O=C1ON=C(c2ccccc2F)C1=CN1CCCCCCC1. The average Bonchev–Trinajstić information content (AvgIpc) is 2.83. The number of benzene rings is 1. The van der Waals surface area contributed by atoms with E-state index in [1.54, 1.807) is 24.4 Å². The summed E-state index contributed by atoms with van der Waals surface area (Å²) in [6.07, 6.45) is 7.67. The first kappa shape index (κ1) is 14.8. The maximum absolute atomic E-state index is 14.0. The second-order valence-electron chi connectivity index (χ2n) is 5.64. The van der Waals surface area contributed by atoms with Gasteiger partial charge in [0, 0.05) is 24.9 Å². The van der Waals surface area contributed by atoms with Gasteiger partial charge in [-0.3, -0.25) is 0 Å². The van der Waals surface area contributed by atoms with Gasteiger partial charge in [-0.25, -0.2) is 9.18 Å². The molecule has 1 saturated heterocycles. The minimum absolute atomic E-state index is 0.283. The number of likely N-dealkylation sites (tertiary alicyclic amines) is 1. The zero-order valence-corrected chi connectivity index (χ0v) is 12.4. The van der Waals surface area contributed by atoms with Crippen molar-refractivity contribution in [3.63, 3.8) is 0 Å². The van der Waals surface area contributed by atoms with Gasteiger partial charge in [0.25, 0.3) is 0 Å². The zero-order chi connectivity index (χ0) is 15.4. The van der Waals surface area contributed by atoms with Gasteiger partial charge in [0.2, 0.25) is 0 Å². The Balaban J connectivity index is 1.86. The van der Waals surface area contributed by atoms with Gasteiger partial charge in [0.1, 0.15) is 17.1 Å². The van der Waals surface area contributed by atoms with E-state index in [1.165, 1.54) is 25.3 Å². The minimum Gasteiger partial charge on any atom is -0.377 e. The molecule has 0 spiro atoms. The molecule has 1 aromatic rings. The Morgan fingerprint density at radius 3 is 2.50 bits per heavy atom. The van der Waals surface area contributed by atoms with E-state index in [0.29, 0.717) is 11.1 Å². The quantitative estimate of drug-likeness (QED) is 0.622. The summed E-state index contributed by atoms with van der Waals surface area (Å²) in [5.74, 6) is -0.918. The molecule has 0 bridgehead atoms. The van der Waals surface area contributed by atoms with Crippen molar-refractivity contribution < 1.29 is 14.0 Å². The molecule has 3 rings (SSSR count). The fourth-order valence-corrected chi connectivity index (χ4v) is 2.83. The van der Waals surface area contributed by atoms with Crippen LogP contribution in [0.1, 0.15) is 37.7 Å². The number of rotatable bonds is 2. The number of hydrogen-bond donors (Lipinski definition) is 0. The molecule has 22 heavy (non-hydrogen) atoms. The molecule has 116 valence electrons. The molecule has 5 heteroatoms. The van der Waals surface area contributed by atoms with Gasteiger partial charge in [-0.15, -0.1) is 0 Å². The van der Waals surface area contributed by atoms with Gasteiger partial charge in [0.15, 0.2) is 0 Å². The van der Waals surface area contributed by atoms with E-state index in [0.717, 1.165) is 25.9 Å². The topological polar surface area (TPSA) is 41.9 Å². The fraction of sp³-hybridized carbons (Fsp3) is 0.412.